The third-order valence-electron chi connectivity index (χ3n) is 2.92. The van der Waals surface area contributed by atoms with Crippen molar-refractivity contribution in [2.75, 3.05) is 6.54 Å². The van der Waals surface area contributed by atoms with E-state index in [1.165, 1.54) is 31.4 Å². The Kier molecular flexibility index (Phi) is 2.20. The van der Waals surface area contributed by atoms with Crippen molar-refractivity contribution in [1.29, 1.82) is 0 Å². The van der Waals surface area contributed by atoms with Crippen LogP contribution in [-0.2, 0) is 5.54 Å². The van der Waals surface area contributed by atoms with Crippen LogP contribution in [0.1, 0.15) is 31.7 Å². The van der Waals surface area contributed by atoms with E-state index in [4.69, 9.17) is 0 Å². The molecule has 1 nitrogen and oxygen atoms in total. The normalized spacial score (nSPS) is 29.4. The van der Waals surface area contributed by atoms with Gasteiger partial charge < -0.3 is 5.32 Å². The largest absolute Gasteiger partial charge is 0.307 e. The van der Waals surface area contributed by atoms with Gasteiger partial charge in [0.15, 0.2) is 0 Å². The summed E-state index contributed by atoms with van der Waals surface area (Å²) >= 11 is 1.80. The summed E-state index contributed by atoms with van der Waals surface area (Å²) in [4.78, 5) is 0. The fraction of sp³-hybridized carbons (Fsp3) is 0.600. The summed E-state index contributed by atoms with van der Waals surface area (Å²) in [5.74, 6) is 0. The van der Waals surface area contributed by atoms with Gasteiger partial charge in [-0.25, -0.2) is 0 Å². The Morgan fingerprint density at radius 3 is 3.08 bits per heavy atom. The van der Waals surface area contributed by atoms with E-state index in [1.807, 2.05) is 0 Å². The smallest absolute Gasteiger partial charge is 0.0440 e. The number of thiophene rings is 1. The van der Waals surface area contributed by atoms with Gasteiger partial charge in [-0.1, -0.05) is 6.92 Å². The highest BCUT2D eigenvalue weighted by atomic mass is 32.1. The Morgan fingerprint density at radius 2 is 2.58 bits per heavy atom. The highest BCUT2D eigenvalue weighted by molar-refractivity contribution is 7.08. The molecule has 0 aliphatic carbocycles. The standard InChI is InChI=1S/C10H15NS/c1-2-10(5-3-6-11-10)9-4-7-12-8-9/h4,7-8,11H,2-3,5-6H2,1H3. The van der Waals surface area contributed by atoms with Gasteiger partial charge in [0, 0.05) is 5.54 Å². The van der Waals surface area contributed by atoms with Crippen molar-refractivity contribution >= 4 is 11.3 Å². The lowest BCUT2D eigenvalue weighted by atomic mass is 9.88. The van der Waals surface area contributed by atoms with E-state index in [2.05, 4.69) is 29.1 Å². The first-order valence-electron chi connectivity index (χ1n) is 4.65. The lowest BCUT2D eigenvalue weighted by Gasteiger charge is -2.27. The molecule has 1 unspecified atom stereocenters. The summed E-state index contributed by atoms with van der Waals surface area (Å²) in [5.41, 5.74) is 1.81. The molecule has 0 spiro atoms. The van der Waals surface area contributed by atoms with Gasteiger partial charge in [-0.3, -0.25) is 0 Å². The van der Waals surface area contributed by atoms with Gasteiger partial charge in [-0.05, 0) is 48.2 Å². The minimum atomic E-state index is 0.319. The maximum atomic E-state index is 3.63. The molecular formula is C10H15NS. The van der Waals surface area contributed by atoms with E-state index in [0.29, 0.717) is 5.54 Å². The lowest BCUT2D eigenvalue weighted by molar-refractivity contribution is 0.377. The number of rotatable bonds is 2. The van der Waals surface area contributed by atoms with Crippen LogP contribution in [0.5, 0.6) is 0 Å². The highest BCUT2D eigenvalue weighted by Gasteiger charge is 2.33. The van der Waals surface area contributed by atoms with Crippen molar-refractivity contribution in [2.24, 2.45) is 0 Å². The molecule has 1 aromatic rings. The first kappa shape index (κ1) is 8.27. The fourth-order valence-corrected chi connectivity index (χ4v) is 2.85. The molecule has 0 aromatic carbocycles. The summed E-state index contributed by atoms with van der Waals surface area (Å²) in [5, 5.41) is 8.08. The van der Waals surface area contributed by atoms with E-state index < -0.39 is 0 Å². The molecule has 1 N–H and O–H groups in total. The van der Waals surface area contributed by atoms with Crippen molar-refractivity contribution in [2.45, 2.75) is 31.7 Å². The molecule has 1 fully saturated rings. The van der Waals surface area contributed by atoms with Crippen molar-refractivity contribution in [1.82, 2.24) is 5.32 Å². The van der Waals surface area contributed by atoms with Crippen molar-refractivity contribution in [3.05, 3.63) is 22.4 Å². The zero-order chi connectivity index (χ0) is 8.44. The van der Waals surface area contributed by atoms with E-state index in [9.17, 15) is 0 Å². The molecule has 2 heterocycles. The summed E-state index contributed by atoms with van der Waals surface area (Å²) < 4.78 is 0. The van der Waals surface area contributed by atoms with E-state index in [1.54, 1.807) is 11.3 Å². The number of nitrogens with one attached hydrogen (secondary N) is 1. The van der Waals surface area contributed by atoms with Gasteiger partial charge in [-0.2, -0.15) is 11.3 Å². The van der Waals surface area contributed by atoms with Gasteiger partial charge in [-0.15, -0.1) is 0 Å². The lowest BCUT2D eigenvalue weighted by Crippen LogP contribution is -2.35. The molecule has 1 atom stereocenters. The number of hydrogen-bond acceptors (Lipinski definition) is 2. The Hall–Kier alpha value is -0.340. The molecule has 1 aliphatic rings. The Balaban J connectivity index is 2.28. The first-order chi connectivity index (χ1) is 5.87. The van der Waals surface area contributed by atoms with Gasteiger partial charge in [0.1, 0.15) is 0 Å². The molecule has 2 rings (SSSR count). The third-order valence-corrected chi connectivity index (χ3v) is 3.60. The molecule has 1 aliphatic heterocycles. The topological polar surface area (TPSA) is 12.0 Å². The predicted octanol–water partition coefficient (Wildman–Crippen LogP) is 2.74. The van der Waals surface area contributed by atoms with Gasteiger partial charge in [0.05, 0.1) is 0 Å². The van der Waals surface area contributed by atoms with Crippen LogP contribution < -0.4 is 5.32 Å². The molecule has 0 saturated carbocycles. The maximum Gasteiger partial charge on any atom is 0.0440 e. The minimum absolute atomic E-state index is 0.319. The van der Waals surface area contributed by atoms with E-state index in [0.717, 1.165) is 0 Å². The zero-order valence-corrected chi connectivity index (χ0v) is 8.29. The second kappa shape index (κ2) is 3.19. The predicted molar refractivity (Wildman–Crippen MR) is 53.5 cm³/mol. The average molecular weight is 181 g/mol. The van der Waals surface area contributed by atoms with Crippen LogP contribution in [0, 0.1) is 0 Å². The molecule has 12 heavy (non-hydrogen) atoms. The second-order valence-electron chi connectivity index (χ2n) is 3.48. The van der Waals surface area contributed by atoms with Gasteiger partial charge >= 0.3 is 0 Å². The zero-order valence-electron chi connectivity index (χ0n) is 7.47. The molecule has 1 aromatic heterocycles. The molecule has 1 saturated heterocycles. The quantitative estimate of drug-likeness (QED) is 0.739. The van der Waals surface area contributed by atoms with Crippen LogP contribution >= 0.6 is 11.3 Å². The van der Waals surface area contributed by atoms with Crippen LogP contribution in [-0.4, -0.2) is 6.54 Å². The van der Waals surface area contributed by atoms with Crippen LogP contribution in [0.15, 0.2) is 16.8 Å². The maximum absolute atomic E-state index is 3.63. The second-order valence-corrected chi connectivity index (χ2v) is 4.26. The Labute approximate surface area is 77.8 Å². The molecule has 0 bridgehead atoms. The van der Waals surface area contributed by atoms with E-state index in [-0.39, 0.29) is 0 Å². The van der Waals surface area contributed by atoms with Gasteiger partial charge in [0.2, 0.25) is 0 Å². The monoisotopic (exact) mass is 181 g/mol. The van der Waals surface area contributed by atoms with Gasteiger partial charge in [0.25, 0.3) is 0 Å². The van der Waals surface area contributed by atoms with E-state index >= 15 is 0 Å². The molecule has 0 radical (unpaired) electrons. The molecule has 0 amide bonds. The van der Waals surface area contributed by atoms with Crippen LogP contribution in [0.25, 0.3) is 0 Å². The summed E-state index contributed by atoms with van der Waals surface area (Å²) in [6, 6.07) is 2.26. The number of hydrogen-bond donors (Lipinski definition) is 1. The Bertz CT molecular complexity index is 234. The summed E-state index contributed by atoms with van der Waals surface area (Å²) in [6.45, 7) is 3.46. The van der Waals surface area contributed by atoms with Crippen LogP contribution in [0.2, 0.25) is 0 Å². The van der Waals surface area contributed by atoms with Crippen molar-refractivity contribution < 1.29 is 0 Å². The average Bonchev–Trinajstić information content (AvgIpc) is 2.76. The molecule has 66 valence electrons. The van der Waals surface area contributed by atoms with Crippen LogP contribution in [0.3, 0.4) is 0 Å². The molecular weight excluding hydrogens is 166 g/mol. The van der Waals surface area contributed by atoms with Crippen molar-refractivity contribution in [3.63, 3.8) is 0 Å². The summed E-state index contributed by atoms with van der Waals surface area (Å²) in [7, 11) is 0. The minimum Gasteiger partial charge on any atom is -0.307 e. The SMILES string of the molecule is CCC1(c2ccsc2)CCCN1. The highest BCUT2D eigenvalue weighted by Crippen LogP contribution is 2.34. The van der Waals surface area contributed by atoms with Crippen molar-refractivity contribution in [3.8, 4) is 0 Å². The summed E-state index contributed by atoms with van der Waals surface area (Å²) in [6.07, 6.45) is 3.84. The Morgan fingerprint density at radius 1 is 1.67 bits per heavy atom. The molecule has 2 heteroatoms. The fourth-order valence-electron chi connectivity index (χ4n) is 2.10. The van der Waals surface area contributed by atoms with Crippen LogP contribution in [0.4, 0.5) is 0 Å². The third kappa shape index (κ3) is 1.19. The first-order valence-corrected chi connectivity index (χ1v) is 5.59.